The molecule has 0 amide bonds. The van der Waals surface area contributed by atoms with E-state index in [0.717, 1.165) is 61.2 Å². The molecule has 1 fully saturated rings. The summed E-state index contributed by atoms with van der Waals surface area (Å²) < 4.78 is 28.3. The molecule has 2 heterocycles. The number of hydrogen-bond acceptors (Lipinski definition) is 7. The van der Waals surface area contributed by atoms with E-state index in [4.69, 9.17) is 28.7 Å². The van der Waals surface area contributed by atoms with Crippen molar-refractivity contribution in [3.8, 4) is 23.1 Å². The van der Waals surface area contributed by atoms with E-state index in [-0.39, 0.29) is 0 Å². The highest BCUT2D eigenvalue weighted by Crippen LogP contribution is 2.42. The third-order valence-electron chi connectivity index (χ3n) is 6.55. The van der Waals surface area contributed by atoms with Gasteiger partial charge < -0.3 is 28.6 Å². The third-order valence-corrected chi connectivity index (χ3v) is 6.55. The highest BCUT2D eigenvalue weighted by Gasteiger charge is 2.21. The van der Waals surface area contributed by atoms with Crippen LogP contribution in [0, 0.1) is 12.8 Å². The Kier molecular flexibility index (Phi) is 8.31. The molecule has 188 valence electrons. The minimum atomic E-state index is 0.449. The van der Waals surface area contributed by atoms with Crippen LogP contribution in [-0.2, 0) is 16.1 Å². The lowest BCUT2D eigenvalue weighted by atomic mass is 9.99. The molecular weight excluding hydrogens is 444 g/mol. The second-order valence-electron chi connectivity index (χ2n) is 8.91. The summed E-state index contributed by atoms with van der Waals surface area (Å²) in [4.78, 5) is 7.36. The summed E-state index contributed by atoms with van der Waals surface area (Å²) in [6, 6.07) is 12.2. The molecule has 1 aliphatic rings. The van der Waals surface area contributed by atoms with Crippen molar-refractivity contribution >= 4 is 16.6 Å². The summed E-state index contributed by atoms with van der Waals surface area (Å²) >= 11 is 0. The topological polar surface area (TPSA) is 62.3 Å². The van der Waals surface area contributed by atoms with Crippen molar-refractivity contribution < 1.29 is 23.7 Å². The van der Waals surface area contributed by atoms with Crippen LogP contribution in [0.3, 0.4) is 0 Å². The summed E-state index contributed by atoms with van der Waals surface area (Å²) in [5.41, 5.74) is 3.97. The average Bonchev–Trinajstić information content (AvgIpc) is 2.88. The zero-order valence-corrected chi connectivity index (χ0v) is 21.4. The first kappa shape index (κ1) is 25.1. The molecule has 2 aromatic carbocycles. The van der Waals surface area contributed by atoms with E-state index < -0.39 is 0 Å². The second-order valence-corrected chi connectivity index (χ2v) is 8.91. The van der Waals surface area contributed by atoms with Gasteiger partial charge in [0.1, 0.15) is 0 Å². The Bertz CT molecular complexity index is 1120. The Morgan fingerprint density at radius 1 is 1.03 bits per heavy atom. The number of ether oxygens (including phenoxy) is 5. The number of anilines is 1. The molecule has 0 bridgehead atoms. The number of rotatable bonds is 10. The SMILES string of the molecule is CCN(CC1CCOCC1)c1cccc2nc(Oc3c(OC)cc(COC)cc3OC)c(C)cc12. The van der Waals surface area contributed by atoms with Gasteiger partial charge in [-0.2, -0.15) is 0 Å². The number of nitrogens with zero attached hydrogens (tertiary/aromatic N) is 2. The molecule has 4 rings (SSSR count). The first-order chi connectivity index (χ1) is 17.1. The molecule has 1 saturated heterocycles. The zero-order valence-electron chi connectivity index (χ0n) is 21.4. The van der Waals surface area contributed by atoms with Crippen LogP contribution in [0.25, 0.3) is 10.9 Å². The highest BCUT2D eigenvalue weighted by molar-refractivity contribution is 5.93. The molecule has 1 aromatic heterocycles. The van der Waals surface area contributed by atoms with Crippen LogP contribution < -0.4 is 19.1 Å². The molecule has 7 heteroatoms. The molecule has 0 spiro atoms. The van der Waals surface area contributed by atoms with Gasteiger partial charge >= 0.3 is 0 Å². The molecule has 0 unspecified atom stereocenters. The van der Waals surface area contributed by atoms with Gasteiger partial charge in [-0.1, -0.05) is 6.07 Å². The largest absolute Gasteiger partial charge is 0.493 e. The van der Waals surface area contributed by atoms with Crippen molar-refractivity contribution in [1.29, 1.82) is 0 Å². The third kappa shape index (κ3) is 5.63. The molecule has 1 aliphatic heterocycles. The zero-order chi connectivity index (χ0) is 24.8. The fourth-order valence-corrected chi connectivity index (χ4v) is 4.66. The van der Waals surface area contributed by atoms with E-state index in [1.54, 1.807) is 21.3 Å². The van der Waals surface area contributed by atoms with Gasteiger partial charge in [-0.15, -0.1) is 0 Å². The van der Waals surface area contributed by atoms with E-state index >= 15 is 0 Å². The molecule has 7 nitrogen and oxygen atoms in total. The normalized spacial score (nSPS) is 14.2. The van der Waals surface area contributed by atoms with Crippen LogP contribution >= 0.6 is 0 Å². The van der Waals surface area contributed by atoms with E-state index in [1.807, 2.05) is 25.1 Å². The predicted octanol–water partition coefficient (Wildman–Crippen LogP) is 5.75. The van der Waals surface area contributed by atoms with Gasteiger partial charge in [0.2, 0.25) is 11.6 Å². The first-order valence-electron chi connectivity index (χ1n) is 12.2. The van der Waals surface area contributed by atoms with Gasteiger partial charge in [-0.25, -0.2) is 4.98 Å². The standard InChI is InChI=1S/C28H36N2O5/c1-6-30(17-20-10-12-34-13-11-20)24-9-7-8-23-22(24)14-19(2)28(29-23)35-27-25(32-4)15-21(18-31-3)16-26(27)33-5/h7-9,14-16,20H,6,10-13,17-18H2,1-5H3. The summed E-state index contributed by atoms with van der Waals surface area (Å²) in [7, 11) is 4.88. The number of pyridine rings is 1. The van der Waals surface area contributed by atoms with Gasteiger partial charge in [-0.05, 0) is 68.5 Å². The summed E-state index contributed by atoms with van der Waals surface area (Å²) in [5.74, 6) is 2.81. The Balaban J connectivity index is 1.68. The van der Waals surface area contributed by atoms with E-state index in [2.05, 4.69) is 30.0 Å². The van der Waals surface area contributed by atoms with Gasteiger partial charge in [-0.3, -0.25) is 0 Å². The average molecular weight is 481 g/mol. The lowest BCUT2D eigenvalue weighted by Crippen LogP contribution is -2.32. The molecule has 0 saturated carbocycles. The van der Waals surface area contributed by atoms with Crippen LogP contribution in [0.5, 0.6) is 23.1 Å². The van der Waals surface area contributed by atoms with Crippen LogP contribution in [0.1, 0.15) is 30.9 Å². The summed E-state index contributed by atoms with van der Waals surface area (Å²) in [5, 5.41) is 1.13. The summed E-state index contributed by atoms with van der Waals surface area (Å²) in [6.45, 7) is 8.36. The molecule has 3 aromatic rings. The molecule has 0 N–H and O–H groups in total. The molecule has 0 atom stereocenters. The van der Waals surface area contributed by atoms with Crippen LogP contribution in [0.2, 0.25) is 0 Å². The van der Waals surface area contributed by atoms with Crippen LogP contribution in [-0.4, -0.2) is 52.6 Å². The maximum atomic E-state index is 6.31. The maximum Gasteiger partial charge on any atom is 0.223 e. The molecule has 35 heavy (non-hydrogen) atoms. The molecule has 0 aliphatic carbocycles. The Hall–Kier alpha value is -3.03. The van der Waals surface area contributed by atoms with Gasteiger partial charge in [0.05, 0.1) is 26.3 Å². The predicted molar refractivity (Wildman–Crippen MR) is 138 cm³/mol. The first-order valence-corrected chi connectivity index (χ1v) is 12.2. The van der Waals surface area contributed by atoms with Crippen LogP contribution in [0.15, 0.2) is 36.4 Å². The van der Waals surface area contributed by atoms with Crippen molar-refractivity contribution in [3.05, 3.63) is 47.5 Å². The Morgan fingerprint density at radius 2 is 1.74 bits per heavy atom. The number of methoxy groups -OCH3 is 3. The van der Waals surface area contributed by atoms with E-state index in [0.29, 0.717) is 35.7 Å². The highest BCUT2D eigenvalue weighted by atomic mass is 16.5. The van der Waals surface area contributed by atoms with Crippen molar-refractivity contribution in [2.24, 2.45) is 5.92 Å². The fourth-order valence-electron chi connectivity index (χ4n) is 4.66. The van der Waals surface area contributed by atoms with Gasteiger partial charge in [0.25, 0.3) is 0 Å². The minimum Gasteiger partial charge on any atom is -0.493 e. The van der Waals surface area contributed by atoms with Crippen molar-refractivity contribution in [2.45, 2.75) is 33.3 Å². The lowest BCUT2D eigenvalue weighted by Gasteiger charge is -2.31. The number of aryl methyl sites for hydroxylation is 1. The monoisotopic (exact) mass is 480 g/mol. The maximum absolute atomic E-state index is 6.31. The number of aromatic nitrogens is 1. The number of benzene rings is 2. The summed E-state index contributed by atoms with van der Waals surface area (Å²) in [6.07, 6.45) is 2.23. The molecular formula is C28H36N2O5. The second kappa shape index (κ2) is 11.6. The number of fused-ring (bicyclic) bond motifs is 1. The van der Waals surface area contributed by atoms with Crippen LogP contribution in [0.4, 0.5) is 5.69 Å². The number of hydrogen-bond donors (Lipinski definition) is 0. The quantitative estimate of drug-likeness (QED) is 0.366. The van der Waals surface area contributed by atoms with Gasteiger partial charge in [0.15, 0.2) is 11.5 Å². The van der Waals surface area contributed by atoms with E-state index in [9.17, 15) is 0 Å². The van der Waals surface area contributed by atoms with E-state index in [1.165, 1.54) is 5.69 Å². The smallest absolute Gasteiger partial charge is 0.223 e. The van der Waals surface area contributed by atoms with Crippen molar-refractivity contribution in [1.82, 2.24) is 4.98 Å². The molecule has 0 radical (unpaired) electrons. The Morgan fingerprint density at radius 3 is 2.37 bits per heavy atom. The van der Waals surface area contributed by atoms with Gasteiger partial charge in [0, 0.05) is 50.1 Å². The van der Waals surface area contributed by atoms with Crippen molar-refractivity contribution in [3.63, 3.8) is 0 Å². The minimum absolute atomic E-state index is 0.449. The lowest BCUT2D eigenvalue weighted by molar-refractivity contribution is 0.0683. The van der Waals surface area contributed by atoms with Crippen molar-refractivity contribution in [2.75, 3.05) is 52.5 Å². The fraction of sp³-hybridized carbons (Fsp3) is 0.464. The Labute approximate surface area is 207 Å².